The second-order valence-corrected chi connectivity index (χ2v) is 5.40. The molecular weight excluding hydrogens is 268 g/mol. The van der Waals surface area contributed by atoms with Gasteiger partial charge in [0.2, 0.25) is 0 Å². The zero-order valence-corrected chi connectivity index (χ0v) is 12.3. The van der Waals surface area contributed by atoms with Crippen LogP contribution in [0.25, 0.3) is 0 Å². The smallest absolute Gasteiger partial charge is 0.255 e. The minimum Gasteiger partial charge on any atom is -0.489 e. The standard InChI is InChI=1S/C15H18N4O2/c1-8-10(3)21-13-11(8)5-4-6-12(13)15(20)18-9(2)14-16-7-17-19-14/h4-10H,1-3H3,(H,18,20)(H,16,17,19). The summed E-state index contributed by atoms with van der Waals surface area (Å²) in [6.07, 6.45) is 1.51. The molecule has 1 amide bonds. The Balaban J connectivity index is 1.84. The number of carbonyl (C=O) groups is 1. The summed E-state index contributed by atoms with van der Waals surface area (Å²) in [5, 5.41) is 9.45. The van der Waals surface area contributed by atoms with E-state index in [1.807, 2.05) is 26.0 Å². The third-order valence-corrected chi connectivity index (χ3v) is 3.98. The van der Waals surface area contributed by atoms with Crippen LogP contribution in [0.2, 0.25) is 0 Å². The van der Waals surface area contributed by atoms with Gasteiger partial charge in [-0.2, -0.15) is 5.10 Å². The fraction of sp³-hybridized carbons (Fsp3) is 0.400. The third-order valence-electron chi connectivity index (χ3n) is 3.98. The van der Waals surface area contributed by atoms with Gasteiger partial charge in [0.25, 0.3) is 5.91 Å². The normalized spacial score (nSPS) is 21.5. The summed E-state index contributed by atoms with van der Waals surface area (Å²) in [6, 6.07) is 5.45. The van der Waals surface area contributed by atoms with Crippen LogP contribution in [0.15, 0.2) is 24.5 Å². The van der Waals surface area contributed by atoms with Gasteiger partial charge in [-0.05, 0) is 19.9 Å². The van der Waals surface area contributed by atoms with E-state index in [0.717, 1.165) is 5.56 Å². The molecule has 6 heteroatoms. The van der Waals surface area contributed by atoms with Gasteiger partial charge in [0.15, 0.2) is 0 Å². The number of hydrogen-bond donors (Lipinski definition) is 2. The first-order valence-electron chi connectivity index (χ1n) is 7.03. The topological polar surface area (TPSA) is 79.9 Å². The molecule has 3 atom stereocenters. The molecule has 2 aromatic rings. The molecular formula is C15H18N4O2. The first-order chi connectivity index (χ1) is 10.1. The van der Waals surface area contributed by atoms with E-state index >= 15 is 0 Å². The van der Waals surface area contributed by atoms with Crippen molar-refractivity contribution in [2.24, 2.45) is 0 Å². The average molecular weight is 286 g/mol. The summed E-state index contributed by atoms with van der Waals surface area (Å²) in [5.74, 6) is 1.44. The van der Waals surface area contributed by atoms with Crippen molar-refractivity contribution in [1.82, 2.24) is 20.5 Å². The van der Waals surface area contributed by atoms with E-state index in [1.165, 1.54) is 6.33 Å². The SMILES string of the molecule is CC(NC(=O)c1cccc2c1OC(C)C2C)c1ncn[nH]1. The number of ether oxygens (including phenoxy) is 1. The monoisotopic (exact) mass is 286 g/mol. The molecule has 0 saturated carbocycles. The maximum Gasteiger partial charge on any atom is 0.255 e. The van der Waals surface area contributed by atoms with Crippen LogP contribution in [0.1, 0.15) is 54.5 Å². The summed E-state index contributed by atoms with van der Waals surface area (Å²) >= 11 is 0. The Morgan fingerprint density at radius 1 is 1.43 bits per heavy atom. The van der Waals surface area contributed by atoms with E-state index in [9.17, 15) is 4.79 Å². The van der Waals surface area contributed by atoms with Crippen molar-refractivity contribution >= 4 is 5.91 Å². The lowest BCUT2D eigenvalue weighted by Crippen LogP contribution is -2.27. The quantitative estimate of drug-likeness (QED) is 0.906. The molecule has 21 heavy (non-hydrogen) atoms. The first kappa shape index (κ1) is 13.6. The molecule has 0 bridgehead atoms. The van der Waals surface area contributed by atoms with Crippen LogP contribution < -0.4 is 10.1 Å². The molecule has 0 fully saturated rings. The first-order valence-corrected chi connectivity index (χ1v) is 7.03. The Kier molecular flexibility index (Phi) is 3.37. The van der Waals surface area contributed by atoms with Crippen LogP contribution in [0, 0.1) is 0 Å². The summed E-state index contributed by atoms with van der Waals surface area (Å²) in [7, 11) is 0. The van der Waals surface area contributed by atoms with Crippen molar-refractivity contribution < 1.29 is 9.53 Å². The van der Waals surface area contributed by atoms with Gasteiger partial charge in [0, 0.05) is 11.5 Å². The van der Waals surface area contributed by atoms with E-state index < -0.39 is 0 Å². The number of para-hydroxylation sites is 1. The molecule has 2 heterocycles. The van der Waals surface area contributed by atoms with Crippen LogP contribution >= 0.6 is 0 Å². The highest BCUT2D eigenvalue weighted by atomic mass is 16.5. The van der Waals surface area contributed by atoms with Crippen LogP contribution in [0.5, 0.6) is 5.75 Å². The van der Waals surface area contributed by atoms with Crippen molar-refractivity contribution in [3.8, 4) is 5.75 Å². The number of H-pyrrole nitrogens is 1. The predicted octanol–water partition coefficient (Wildman–Crippen LogP) is 2.18. The minimum absolute atomic E-state index is 0.0839. The second-order valence-electron chi connectivity index (χ2n) is 5.40. The number of nitrogens with one attached hydrogen (secondary N) is 2. The molecule has 0 spiro atoms. The fourth-order valence-corrected chi connectivity index (χ4v) is 2.53. The van der Waals surface area contributed by atoms with Crippen molar-refractivity contribution in [3.05, 3.63) is 41.5 Å². The number of amides is 1. The zero-order chi connectivity index (χ0) is 15.0. The number of rotatable bonds is 3. The van der Waals surface area contributed by atoms with Crippen LogP contribution in [-0.4, -0.2) is 27.2 Å². The van der Waals surface area contributed by atoms with Gasteiger partial charge in [-0.25, -0.2) is 4.98 Å². The van der Waals surface area contributed by atoms with Gasteiger partial charge < -0.3 is 10.1 Å². The molecule has 1 aliphatic rings. The number of fused-ring (bicyclic) bond motifs is 1. The van der Waals surface area contributed by atoms with Crippen molar-refractivity contribution in [3.63, 3.8) is 0 Å². The summed E-state index contributed by atoms with van der Waals surface area (Å²) in [5.41, 5.74) is 1.65. The van der Waals surface area contributed by atoms with E-state index in [0.29, 0.717) is 23.1 Å². The largest absolute Gasteiger partial charge is 0.489 e. The Morgan fingerprint density at radius 3 is 2.95 bits per heavy atom. The van der Waals surface area contributed by atoms with E-state index in [1.54, 1.807) is 6.07 Å². The third kappa shape index (κ3) is 2.37. The zero-order valence-electron chi connectivity index (χ0n) is 12.3. The highest BCUT2D eigenvalue weighted by Crippen LogP contribution is 2.40. The predicted molar refractivity (Wildman–Crippen MR) is 77.2 cm³/mol. The molecule has 0 saturated heterocycles. The van der Waals surface area contributed by atoms with Gasteiger partial charge >= 0.3 is 0 Å². The summed E-state index contributed by atoms with van der Waals surface area (Å²) < 4.78 is 5.85. The van der Waals surface area contributed by atoms with E-state index in [-0.39, 0.29) is 18.1 Å². The highest BCUT2D eigenvalue weighted by Gasteiger charge is 2.31. The molecule has 1 aromatic heterocycles. The summed E-state index contributed by atoms with van der Waals surface area (Å²) in [4.78, 5) is 16.5. The van der Waals surface area contributed by atoms with E-state index in [4.69, 9.17) is 4.74 Å². The molecule has 1 aromatic carbocycles. The number of aromatic amines is 1. The Hall–Kier alpha value is -2.37. The van der Waals surface area contributed by atoms with Crippen LogP contribution in [0.4, 0.5) is 0 Å². The molecule has 1 aliphatic heterocycles. The lowest BCUT2D eigenvalue weighted by Gasteiger charge is -2.13. The number of benzene rings is 1. The van der Waals surface area contributed by atoms with Crippen LogP contribution in [0.3, 0.4) is 0 Å². The maximum atomic E-state index is 12.5. The molecule has 0 radical (unpaired) electrons. The lowest BCUT2D eigenvalue weighted by atomic mass is 9.97. The lowest BCUT2D eigenvalue weighted by molar-refractivity contribution is 0.0933. The molecule has 6 nitrogen and oxygen atoms in total. The molecule has 2 N–H and O–H groups in total. The number of aromatic nitrogens is 3. The second kappa shape index (κ2) is 5.20. The fourth-order valence-electron chi connectivity index (χ4n) is 2.53. The van der Waals surface area contributed by atoms with E-state index in [2.05, 4.69) is 27.4 Å². The number of carbonyl (C=O) groups excluding carboxylic acids is 1. The Labute approximate surface area is 122 Å². The number of hydrogen-bond acceptors (Lipinski definition) is 4. The molecule has 0 aliphatic carbocycles. The van der Waals surface area contributed by atoms with Gasteiger partial charge in [-0.1, -0.05) is 19.1 Å². The van der Waals surface area contributed by atoms with Crippen molar-refractivity contribution in [1.29, 1.82) is 0 Å². The van der Waals surface area contributed by atoms with Gasteiger partial charge in [0.1, 0.15) is 24.0 Å². The Morgan fingerprint density at radius 2 is 2.24 bits per heavy atom. The highest BCUT2D eigenvalue weighted by molar-refractivity contribution is 5.97. The van der Waals surface area contributed by atoms with Gasteiger partial charge in [-0.15, -0.1) is 0 Å². The van der Waals surface area contributed by atoms with Crippen molar-refractivity contribution in [2.75, 3.05) is 0 Å². The summed E-state index contributed by atoms with van der Waals surface area (Å²) in [6.45, 7) is 5.98. The minimum atomic E-state index is -0.243. The van der Waals surface area contributed by atoms with Gasteiger partial charge in [-0.3, -0.25) is 9.89 Å². The van der Waals surface area contributed by atoms with Crippen molar-refractivity contribution in [2.45, 2.75) is 38.8 Å². The number of nitrogens with zero attached hydrogens (tertiary/aromatic N) is 2. The van der Waals surface area contributed by atoms with Gasteiger partial charge in [0.05, 0.1) is 11.6 Å². The molecule has 3 unspecified atom stereocenters. The maximum absolute atomic E-state index is 12.5. The molecule has 110 valence electrons. The molecule has 3 rings (SSSR count). The van der Waals surface area contributed by atoms with Crippen LogP contribution in [-0.2, 0) is 0 Å². The average Bonchev–Trinajstić information content (AvgIpc) is 3.08. The Bertz CT molecular complexity index is 654.